The second-order valence-corrected chi connectivity index (χ2v) is 5.61. The maximum Gasteiger partial charge on any atom is 0.336 e. The van der Waals surface area contributed by atoms with Crippen LogP contribution < -0.4 is 0 Å². The largest absolute Gasteiger partial charge is 0.478 e. The molecular weight excluding hydrogens is 396 g/mol. The molecular formula is C20H14N2O8. The Morgan fingerprint density at radius 3 is 1.37 bits per heavy atom. The average Bonchev–Trinajstić information content (AvgIpc) is 2.74. The van der Waals surface area contributed by atoms with Crippen LogP contribution in [0.15, 0.2) is 61.1 Å². The average molecular weight is 410 g/mol. The minimum Gasteiger partial charge on any atom is -0.478 e. The van der Waals surface area contributed by atoms with Gasteiger partial charge in [-0.1, -0.05) is 6.07 Å². The van der Waals surface area contributed by atoms with Crippen molar-refractivity contribution in [3.63, 3.8) is 0 Å². The van der Waals surface area contributed by atoms with Crippen LogP contribution in [0.25, 0.3) is 11.3 Å². The van der Waals surface area contributed by atoms with Crippen LogP contribution in [0.4, 0.5) is 0 Å². The van der Waals surface area contributed by atoms with Gasteiger partial charge in [-0.2, -0.15) is 0 Å². The second kappa shape index (κ2) is 9.55. The fourth-order valence-electron chi connectivity index (χ4n) is 2.36. The van der Waals surface area contributed by atoms with Crippen molar-refractivity contribution in [3.8, 4) is 11.3 Å². The molecule has 1 aromatic carbocycles. The lowest BCUT2D eigenvalue weighted by Crippen LogP contribution is -2.15. The molecule has 0 radical (unpaired) electrons. The molecule has 0 aliphatic rings. The van der Waals surface area contributed by atoms with Crippen LogP contribution >= 0.6 is 0 Å². The van der Waals surface area contributed by atoms with Crippen LogP contribution in [0.5, 0.6) is 0 Å². The van der Waals surface area contributed by atoms with Crippen LogP contribution in [-0.2, 0) is 0 Å². The Bertz CT molecular complexity index is 963. The van der Waals surface area contributed by atoms with Gasteiger partial charge in [0.2, 0.25) is 0 Å². The van der Waals surface area contributed by atoms with E-state index in [1.807, 2.05) is 30.3 Å². The fraction of sp³-hybridized carbons (Fsp3) is 0. The van der Waals surface area contributed by atoms with Gasteiger partial charge in [0.25, 0.3) is 0 Å². The molecule has 2 heterocycles. The number of aromatic carboxylic acids is 4. The highest BCUT2D eigenvalue weighted by Gasteiger charge is 2.24. The second-order valence-electron chi connectivity index (χ2n) is 5.61. The summed E-state index contributed by atoms with van der Waals surface area (Å²) >= 11 is 0. The lowest BCUT2D eigenvalue weighted by atomic mass is 9.98. The Labute approximate surface area is 168 Å². The summed E-state index contributed by atoms with van der Waals surface area (Å²) in [4.78, 5) is 51.3. The lowest BCUT2D eigenvalue weighted by Gasteiger charge is -2.06. The van der Waals surface area contributed by atoms with Gasteiger partial charge in [0, 0.05) is 24.2 Å². The first-order valence-electron chi connectivity index (χ1n) is 8.15. The maximum atomic E-state index is 10.8. The number of nitrogens with zero attached hydrogens (tertiary/aromatic N) is 2. The molecule has 0 unspecified atom stereocenters. The molecule has 0 atom stereocenters. The molecule has 0 spiro atoms. The molecule has 0 bridgehead atoms. The van der Waals surface area contributed by atoms with Gasteiger partial charge in [0.1, 0.15) is 0 Å². The summed E-state index contributed by atoms with van der Waals surface area (Å²) in [5, 5.41) is 35.0. The summed E-state index contributed by atoms with van der Waals surface area (Å²) in [5.74, 6) is -6.64. The predicted octanol–water partition coefficient (Wildman–Crippen LogP) is 2.62. The summed E-state index contributed by atoms with van der Waals surface area (Å²) in [5.41, 5.74) is -1.06. The number of benzene rings is 1. The molecule has 10 nitrogen and oxygen atoms in total. The van der Waals surface area contributed by atoms with E-state index in [0.29, 0.717) is 12.1 Å². The maximum absolute atomic E-state index is 10.8. The molecule has 0 fully saturated rings. The van der Waals surface area contributed by atoms with Gasteiger partial charge < -0.3 is 20.4 Å². The lowest BCUT2D eigenvalue weighted by molar-refractivity contribution is 0.0637. The highest BCUT2D eigenvalue weighted by Crippen LogP contribution is 2.18. The molecule has 152 valence electrons. The molecule has 0 aliphatic carbocycles. The Morgan fingerprint density at radius 2 is 1.03 bits per heavy atom. The van der Waals surface area contributed by atoms with Crippen molar-refractivity contribution in [3.05, 3.63) is 83.3 Å². The van der Waals surface area contributed by atoms with E-state index in [1.54, 1.807) is 18.6 Å². The van der Waals surface area contributed by atoms with Crippen LogP contribution in [0.1, 0.15) is 41.4 Å². The van der Waals surface area contributed by atoms with E-state index in [2.05, 4.69) is 9.97 Å². The SMILES string of the molecule is O=C(O)c1cc(C(=O)O)c(C(=O)O)cc1C(=O)O.c1ccc(-c2ccncc2)nc1. The third-order valence-electron chi connectivity index (χ3n) is 3.72. The zero-order valence-electron chi connectivity index (χ0n) is 15.1. The van der Waals surface area contributed by atoms with Gasteiger partial charge in [-0.15, -0.1) is 0 Å². The number of carbonyl (C=O) groups is 4. The number of carboxylic acids is 4. The van der Waals surface area contributed by atoms with Crippen molar-refractivity contribution < 1.29 is 39.6 Å². The van der Waals surface area contributed by atoms with E-state index >= 15 is 0 Å². The molecule has 0 amide bonds. The van der Waals surface area contributed by atoms with Gasteiger partial charge in [-0.25, -0.2) is 19.2 Å². The Hall–Kier alpha value is -4.60. The van der Waals surface area contributed by atoms with Gasteiger partial charge >= 0.3 is 23.9 Å². The van der Waals surface area contributed by atoms with Gasteiger partial charge in [-0.3, -0.25) is 9.97 Å². The van der Waals surface area contributed by atoms with Gasteiger partial charge in [0.05, 0.1) is 27.9 Å². The highest BCUT2D eigenvalue weighted by atomic mass is 16.4. The van der Waals surface area contributed by atoms with Gasteiger partial charge in [-0.05, 0) is 36.4 Å². The first kappa shape index (κ1) is 21.7. The Kier molecular flexibility index (Phi) is 6.91. The summed E-state index contributed by atoms with van der Waals surface area (Å²) < 4.78 is 0. The number of pyridine rings is 2. The topological polar surface area (TPSA) is 175 Å². The van der Waals surface area contributed by atoms with Crippen molar-refractivity contribution in [1.29, 1.82) is 0 Å². The van der Waals surface area contributed by atoms with Crippen LogP contribution in [0.3, 0.4) is 0 Å². The molecule has 4 N–H and O–H groups in total. The van der Waals surface area contributed by atoms with E-state index in [-0.39, 0.29) is 0 Å². The first-order valence-corrected chi connectivity index (χ1v) is 8.15. The highest BCUT2D eigenvalue weighted by molar-refractivity contribution is 6.09. The fourth-order valence-corrected chi connectivity index (χ4v) is 2.36. The number of hydrogen-bond donors (Lipinski definition) is 4. The number of rotatable bonds is 5. The number of aromatic nitrogens is 2. The number of carboxylic acid groups (broad SMARTS) is 4. The molecule has 30 heavy (non-hydrogen) atoms. The zero-order valence-corrected chi connectivity index (χ0v) is 15.1. The molecule has 3 aromatic rings. The molecule has 2 aromatic heterocycles. The first-order chi connectivity index (χ1) is 14.2. The third kappa shape index (κ3) is 5.23. The van der Waals surface area contributed by atoms with E-state index in [9.17, 15) is 19.2 Å². The van der Waals surface area contributed by atoms with E-state index in [4.69, 9.17) is 20.4 Å². The van der Waals surface area contributed by atoms with Crippen molar-refractivity contribution in [2.75, 3.05) is 0 Å². The van der Waals surface area contributed by atoms with E-state index in [0.717, 1.165) is 11.3 Å². The van der Waals surface area contributed by atoms with Crippen LogP contribution in [0, 0.1) is 0 Å². The van der Waals surface area contributed by atoms with Crippen molar-refractivity contribution in [1.82, 2.24) is 9.97 Å². The molecule has 0 saturated carbocycles. The summed E-state index contributed by atoms with van der Waals surface area (Å²) in [6.45, 7) is 0. The van der Waals surface area contributed by atoms with Crippen LogP contribution in [-0.4, -0.2) is 54.3 Å². The van der Waals surface area contributed by atoms with Crippen molar-refractivity contribution in [2.24, 2.45) is 0 Å². The molecule has 10 heteroatoms. The third-order valence-corrected chi connectivity index (χ3v) is 3.72. The predicted molar refractivity (Wildman–Crippen MR) is 102 cm³/mol. The minimum atomic E-state index is -1.66. The van der Waals surface area contributed by atoms with Gasteiger partial charge in [0.15, 0.2) is 0 Å². The summed E-state index contributed by atoms with van der Waals surface area (Å²) in [7, 11) is 0. The zero-order chi connectivity index (χ0) is 22.3. The standard InChI is InChI=1S/C10H8N2.C10H6O8/c1-2-6-12-10(3-1)9-4-7-11-8-5-9;11-7(12)3-1-4(8(13)14)6(10(17)18)2-5(3)9(15)16/h1-8H;1-2H,(H,11,12)(H,13,14)(H,15,16)(H,17,18). The van der Waals surface area contributed by atoms with E-state index in [1.165, 1.54) is 0 Å². The summed E-state index contributed by atoms with van der Waals surface area (Å²) in [6, 6.07) is 10.8. The molecule has 0 saturated heterocycles. The molecule has 0 aliphatic heterocycles. The van der Waals surface area contributed by atoms with Crippen molar-refractivity contribution >= 4 is 23.9 Å². The van der Waals surface area contributed by atoms with E-state index < -0.39 is 46.1 Å². The van der Waals surface area contributed by atoms with Crippen molar-refractivity contribution in [2.45, 2.75) is 0 Å². The molecule has 3 rings (SSSR count). The Morgan fingerprint density at radius 1 is 0.600 bits per heavy atom. The Balaban J connectivity index is 0.000000230. The smallest absolute Gasteiger partial charge is 0.336 e. The quantitative estimate of drug-likeness (QED) is 0.489. The van der Waals surface area contributed by atoms with Crippen LogP contribution in [0.2, 0.25) is 0 Å². The summed E-state index contributed by atoms with van der Waals surface area (Å²) in [6.07, 6.45) is 5.32. The minimum absolute atomic E-state index is 0.511. The monoisotopic (exact) mass is 410 g/mol. The number of hydrogen-bond acceptors (Lipinski definition) is 6. The normalized spacial score (nSPS) is 9.73.